The van der Waals surface area contributed by atoms with Crippen LogP contribution in [0.25, 0.3) is 0 Å². The molecular formula is C16H18O2. The number of hydrogen-bond acceptors (Lipinski definition) is 2. The molecule has 18 heavy (non-hydrogen) atoms. The Labute approximate surface area is 108 Å². The van der Waals surface area contributed by atoms with Gasteiger partial charge in [0, 0.05) is 0 Å². The van der Waals surface area contributed by atoms with Crippen molar-refractivity contribution in [2.24, 2.45) is 0 Å². The van der Waals surface area contributed by atoms with Crippen molar-refractivity contribution in [2.75, 3.05) is 7.11 Å². The van der Waals surface area contributed by atoms with Gasteiger partial charge in [-0.15, -0.1) is 0 Å². The van der Waals surface area contributed by atoms with Crippen molar-refractivity contribution in [1.29, 1.82) is 0 Å². The summed E-state index contributed by atoms with van der Waals surface area (Å²) in [7, 11) is 1.67. The molecule has 0 radical (unpaired) electrons. The molecule has 0 fully saturated rings. The molecule has 1 aliphatic rings. The molecule has 2 heteroatoms. The smallest absolute Gasteiger partial charge is 0.165 e. The van der Waals surface area contributed by atoms with Crippen LogP contribution in [-0.2, 0) is 4.74 Å². The van der Waals surface area contributed by atoms with Crippen LogP contribution in [-0.4, -0.2) is 7.11 Å². The summed E-state index contributed by atoms with van der Waals surface area (Å²) >= 11 is 0. The number of rotatable bonds is 4. The summed E-state index contributed by atoms with van der Waals surface area (Å²) in [6.45, 7) is 2.16. The van der Waals surface area contributed by atoms with Crippen molar-refractivity contribution in [2.45, 2.75) is 19.8 Å². The molecule has 1 aliphatic carbocycles. The second-order valence-corrected chi connectivity index (χ2v) is 4.10. The van der Waals surface area contributed by atoms with Gasteiger partial charge < -0.3 is 9.47 Å². The van der Waals surface area contributed by atoms with Gasteiger partial charge in [-0.05, 0) is 37.1 Å². The van der Waals surface area contributed by atoms with Gasteiger partial charge in [0.1, 0.15) is 5.75 Å². The monoisotopic (exact) mass is 242 g/mol. The highest BCUT2D eigenvalue weighted by Gasteiger charge is 2.10. The molecule has 0 aliphatic heterocycles. The molecular weight excluding hydrogens is 224 g/mol. The highest BCUT2D eigenvalue weighted by molar-refractivity contribution is 5.35. The first-order valence-electron chi connectivity index (χ1n) is 6.20. The van der Waals surface area contributed by atoms with Gasteiger partial charge in [0.15, 0.2) is 11.5 Å². The Morgan fingerprint density at radius 2 is 1.83 bits per heavy atom. The van der Waals surface area contributed by atoms with Crippen LogP contribution in [0.3, 0.4) is 0 Å². The topological polar surface area (TPSA) is 18.5 Å². The molecule has 0 saturated carbocycles. The number of ether oxygens (including phenoxy) is 2. The van der Waals surface area contributed by atoms with Gasteiger partial charge in [-0.2, -0.15) is 0 Å². The van der Waals surface area contributed by atoms with Crippen molar-refractivity contribution in [1.82, 2.24) is 0 Å². The molecule has 0 aromatic heterocycles. The highest BCUT2D eigenvalue weighted by atomic mass is 16.5. The quantitative estimate of drug-likeness (QED) is 0.787. The van der Waals surface area contributed by atoms with E-state index < -0.39 is 0 Å². The third-order valence-electron chi connectivity index (χ3n) is 2.91. The Kier molecular flexibility index (Phi) is 4.24. The Balaban J connectivity index is 2.19. The van der Waals surface area contributed by atoms with Crippen molar-refractivity contribution in [3.63, 3.8) is 0 Å². The van der Waals surface area contributed by atoms with Crippen LogP contribution >= 0.6 is 0 Å². The maximum absolute atomic E-state index is 5.87. The van der Waals surface area contributed by atoms with E-state index in [1.54, 1.807) is 7.11 Å². The first kappa shape index (κ1) is 12.5. The van der Waals surface area contributed by atoms with E-state index in [0.29, 0.717) is 0 Å². The summed E-state index contributed by atoms with van der Waals surface area (Å²) < 4.78 is 11.2. The molecule has 0 atom stereocenters. The molecule has 0 saturated heterocycles. The van der Waals surface area contributed by atoms with E-state index in [0.717, 1.165) is 30.1 Å². The van der Waals surface area contributed by atoms with Crippen LogP contribution in [0.1, 0.15) is 19.8 Å². The van der Waals surface area contributed by atoms with E-state index >= 15 is 0 Å². The molecule has 2 rings (SSSR count). The average Bonchev–Trinajstić information content (AvgIpc) is 2.62. The standard InChI is InChI=1S/C16H18O2/c1-3-13-9-11-15(17-2)16(12-10-13)18-14-7-5-4-6-8-14/h4-9,11-12H,3,10H2,1-2H3. The molecule has 0 spiro atoms. The lowest BCUT2D eigenvalue weighted by atomic mass is 10.1. The minimum Gasteiger partial charge on any atom is -0.493 e. The largest absolute Gasteiger partial charge is 0.493 e. The van der Waals surface area contributed by atoms with Crippen molar-refractivity contribution < 1.29 is 9.47 Å². The lowest BCUT2D eigenvalue weighted by Crippen LogP contribution is -2.00. The maximum atomic E-state index is 5.87. The fourth-order valence-electron chi connectivity index (χ4n) is 1.81. The van der Waals surface area contributed by atoms with Gasteiger partial charge in [0.05, 0.1) is 7.11 Å². The van der Waals surface area contributed by atoms with E-state index in [2.05, 4.69) is 19.1 Å². The lowest BCUT2D eigenvalue weighted by molar-refractivity contribution is 0.262. The Morgan fingerprint density at radius 1 is 1.06 bits per heavy atom. The number of hydrogen-bond donors (Lipinski definition) is 0. The van der Waals surface area contributed by atoms with Gasteiger partial charge in [-0.25, -0.2) is 0 Å². The van der Waals surface area contributed by atoms with Crippen LogP contribution in [0.4, 0.5) is 0 Å². The number of methoxy groups -OCH3 is 1. The normalized spacial score (nSPS) is 15.1. The summed E-state index contributed by atoms with van der Waals surface area (Å²) in [6.07, 6.45) is 8.10. The van der Waals surface area contributed by atoms with Crippen molar-refractivity contribution in [3.05, 3.63) is 65.7 Å². The third-order valence-corrected chi connectivity index (χ3v) is 2.91. The van der Waals surface area contributed by atoms with Gasteiger partial charge >= 0.3 is 0 Å². The average molecular weight is 242 g/mol. The Bertz CT molecular complexity index is 481. The van der Waals surface area contributed by atoms with Crippen LogP contribution < -0.4 is 4.74 Å². The second-order valence-electron chi connectivity index (χ2n) is 4.10. The van der Waals surface area contributed by atoms with E-state index in [-0.39, 0.29) is 0 Å². The minimum atomic E-state index is 0.766. The Hall–Kier alpha value is -1.96. The predicted molar refractivity (Wildman–Crippen MR) is 73.2 cm³/mol. The van der Waals surface area contributed by atoms with Crippen molar-refractivity contribution in [3.8, 4) is 5.75 Å². The second kappa shape index (κ2) is 6.10. The minimum absolute atomic E-state index is 0.766. The molecule has 0 bridgehead atoms. The van der Waals surface area contributed by atoms with E-state index in [4.69, 9.17) is 9.47 Å². The zero-order valence-corrected chi connectivity index (χ0v) is 10.8. The zero-order chi connectivity index (χ0) is 12.8. The van der Waals surface area contributed by atoms with Crippen molar-refractivity contribution >= 4 is 0 Å². The fraction of sp³-hybridized carbons (Fsp3) is 0.250. The van der Waals surface area contributed by atoms with E-state index in [1.165, 1.54) is 5.57 Å². The first-order chi connectivity index (χ1) is 8.83. The van der Waals surface area contributed by atoms with E-state index in [1.807, 2.05) is 36.4 Å². The molecule has 94 valence electrons. The van der Waals surface area contributed by atoms with Gasteiger partial charge in [0.2, 0.25) is 0 Å². The van der Waals surface area contributed by atoms with Crippen LogP contribution in [0.5, 0.6) is 5.75 Å². The molecule has 2 nitrogen and oxygen atoms in total. The van der Waals surface area contributed by atoms with E-state index in [9.17, 15) is 0 Å². The summed E-state index contributed by atoms with van der Waals surface area (Å²) in [5.74, 6) is 2.37. The molecule has 0 amide bonds. The first-order valence-corrected chi connectivity index (χ1v) is 6.20. The summed E-state index contributed by atoms with van der Waals surface area (Å²) in [5, 5.41) is 0. The summed E-state index contributed by atoms with van der Waals surface area (Å²) in [5.41, 5.74) is 1.37. The third kappa shape index (κ3) is 3.04. The molecule has 0 heterocycles. The molecule has 1 aromatic rings. The van der Waals surface area contributed by atoms with Crippen LogP contribution in [0, 0.1) is 0 Å². The lowest BCUT2D eigenvalue weighted by Gasteiger charge is -2.11. The van der Waals surface area contributed by atoms with Crippen LogP contribution in [0.2, 0.25) is 0 Å². The zero-order valence-electron chi connectivity index (χ0n) is 10.8. The SMILES string of the molecule is CCC1=CC=C(OC)C(Oc2ccccc2)=CC1. The summed E-state index contributed by atoms with van der Waals surface area (Å²) in [4.78, 5) is 0. The number of benzene rings is 1. The van der Waals surface area contributed by atoms with Gasteiger partial charge in [0.25, 0.3) is 0 Å². The summed E-state index contributed by atoms with van der Waals surface area (Å²) in [6, 6.07) is 9.76. The highest BCUT2D eigenvalue weighted by Crippen LogP contribution is 2.23. The fourth-order valence-corrected chi connectivity index (χ4v) is 1.81. The predicted octanol–water partition coefficient (Wildman–Crippen LogP) is 4.22. The molecule has 0 unspecified atom stereocenters. The van der Waals surface area contributed by atoms with Gasteiger partial charge in [-0.3, -0.25) is 0 Å². The number of allylic oxidation sites excluding steroid dienone is 4. The number of para-hydroxylation sites is 1. The van der Waals surface area contributed by atoms with Crippen LogP contribution in [0.15, 0.2) is 65.7 Å². The molecule has 1 aromatic carbocycles. The maximum Gasteiger partial charge on any atom is 0.165 e. The van der Waals surface area contributed by atoms with Gasteiger partial charge in [-0.1, -0.05) is 36.8 Å². The Morgan fingerprint density at radius 3 is 2.50 bits per heavy atom. The molecule has 0 N–H and O–H groups in total.